The molecule has 27 heavy (non-hydrogen) atoms. The van der Waals surface area contributed by atoms with Gasteiger partial charge in [-0.15, -0.1) is 0 Å². The largest absolute Gasteiger partial charge is 0.367 e. The smallest absolute Gasteiger partial charge is 0.223 e. The molecule has 142 valence electrons. The van der Waals surface area contributed by atoms with Gasteiger partial charge in [0.15, 0.2) is 0 Å². The number of hydrogen-bond acceptors (Lipinski definition) is 5. The zero-order valence-corrected chi connectivity index (χ0v) is 16.4. The predicted octanol–water partition coefficient (Wildman–Crippen LogP) is 3.12. The summed E-state index contributed by atoms with van der Waals surface area (Å²) in [6.07, 6.45) is 4.24. The molecule has 6 heteroatoms. The molecule has 1 aliphatic heterocycles. The molecule has 2 heterocycles. The first kappa shape index (κ1) is 19.1. The molecule has 0 bridgehead atoms. The Morgan fingerprint density at radius 1 is 1.22 bits per heavy atom. The highest BCUT2D eigenvalue weighted by atomic mass is 16.1. The van der Waals surface area contributed by atoms with Crippen LogP contribution in [0.15, 0.2) is 24.5 Å². The number of nitrogens with zero attached hydrogens (tertiary/aromatic N) is 4. The van der Waals surface area contributed by atoms with Gasteiger partial charge in [-0.25, -0.2) is 0 Å². The Labute approximate surface area is 160 Å². The van der Waals surface area contributed by atoms with Crippen molar-refractivity contribution < 1.29 is 4.79 Å². The van der Waals surface area contributed by atoms with Gasteiger partial charge in [-0.2, -0.15) is 5.26 Å². The van der Waals surface area contributed by atoms with E-state index < -0.39 is 0 Å². The van der Waals surface area contributed by atoms with Crippen molar-refractivity contribution in [3.63, 3.8) is 0 Å². The molecule has 1 saturated heterocycles. The number of fused-ring (bicyclic) bond motifs is 1. The minimum Gasteiger partial charge on any atom is -0.367 e. The van der Waals surface area contributed by atoms with Gasteiger partial charge in [-0.05, 0) is 30.4 Å². The van der Waals surface area contributed by atoms with E-state index >= 15 is 0 Å². The van der Waals surface area contributed by atoms with Crippen molar-refractivity contribution >= 4 is 22.6 Å². The minimum atomic E-state index is -0.00251. The molecule has 1 amide bonds. The van der Waals surface area contributed by atoms with Crippen LogP contribution < -0.4 is 10.2 Å². The van der Waals surface area contributed by atoms with Crippen LogP contribution in [0.5, 0.6) is 0 Å². The molecule has 1 unspecified atom stereocenters. The molecule has 1 N–H and O–H groups in total. The Morgan fingerprint density at radius 3 is 2.59 bits per heavy atom. The van der Waals surface area contributed by atoms with E-state index in [-0.39, 0.29) is 17.9 Å². The second-order valence-corrected chi connectivity index (χ2v) is 7.98. The van der Waals surface area contributed by atoms with Crippen LogP contribution in [-0.4, -0.2) is 35.0 Å². The van der Waals surface area contributed by atoms with E-state index in [0.29, 0.717) is 22.9 Å². The van der Waals surface area contributed by atoms with Crippen molar-refractivity contribution in [1.82, 2.24) is 15.3 Å². The Balaban J connectivity index is 1.86. The number of anilines is 1. The lowest BCUT2D eigenvalue weighted by atomic mass is 9.93. The van der Waals surface area contributed by atoms with Crippen LogP contribution in [0.3, 0.4) is 0 Å². The molecule has 1 fully saturated rings. The summed E-state index contributed by atoms with van der Waals surface area (Å²) in [7, 11) is 0. The van der Waals surface area contributed by atoms with E-state index in [4.69, 9.17) is 0 Å². The summed E-state index contributed by atoms with van der Waals surface area (Å²) < 4.78 is 0. The first-order valence-electron chi connectivity index (χ1n) is 9.59. The average molecular weight is 365 g/mol. The Morgan fingerprint density at radius 2 is 1.93 bits per heavy atom. The molecule has 3 rings (SSSR count). The van der Waals surface area contributed by atoms with Gasteiger partial charge in [0.05, 0.1) is 11.3 Å². The van der Waals surface area contributed by atoms with Crippen LogP contribution >= 0.6 is 0 Å². The van der Waals surface area contributed by atoms with Crippen molar-refractivity contribution in [2.75, 3.05) is 18.0 Å². The fraction of sp³-hybridized carbons (Fsp3) is 0.524. The summed E-state index contributed by atoms with van der Waals surface area (Å²) in [5, 5.41) is 12.6. The molecule has 1 aromatic heterocycles. The number of benzene rings is 1. The fourth-order valence-electron chi connectivity index (χ4n) is 3.68. The van der Waals surface area contributed by atoms with Gasteiger partial charge in [0.25, 0.3) is 0 Å². The fourth-order valence-corrected chi connectivity index (χ4v) is 3.68. The molecule has 0 saturated carbocycles. The van der Waals surface area contributed by atoms with Crippen LogP contribution in [0.4, 0.5) is 5.69 Å². The standard InChI is InChI=1S/C21H27N5O/c1-13(2)15(4)21(27)25-17-9-14(3)11-26(12-17)18-6-5-16(10-22)19-20(18)24-8-7-23-19/h5-8,13-15,17H,9,11-12H2,1-4H3,(H,25,27)/t14-,15?,17+/m0/s1. The van der Waals surface area contributed by atoms with Crippen LogP contribution in [-0.2, 0) is 4.79 Å². The average Bonchev–Trinajstić information content (AvgIpc) is 2.65. The lowest BCUT2D eigenvalue weighted by Crippen LogP contribution is -2.51. The predicted molar refractivity (Wildman–Crippen MR) is 106 cm³/mol. The quantitative estimate of drug-likeness (QED) is 0.900. The summed E-state index contributed by atoms with van der Waals surface area (Å²) in [6.45, 7) is 9.95. The summed E-state index contributed by atoms with van der Waals surface area (Å²) in [6, 6.07) is 6.04. The number of hydrogen-bond donors (Lipinski definition) is 1. The topological polar surface area (TPSA) is 81.9 Å². The number of carbonyl (C=O) groups excluding carboxylic acids is 1. The van der Waals surface area contributed by atoms with Crippen molar-refractivity contribution in [3.8, 4) is 6.07 Å². The molecule has 0 radical (unpaired) electrons. The lowest BCUT2D eigenvalue weighted by molar-refractivity contribution is -0.126. The Hall–Kier alpha value is -2.68. The van der Waals surface area contributed by atoms with Crippen molar-refractivity contribution in [2.24, 2.45) is 17.8 Å². The molecular weight excluding hydrogens is 338 g/mol. The molecule has 0 spiro atoms. The van der Waals surface area contributed by atoms with Gasteiger partial charge in [-0.3, -0.25) is 14.8 Å². The van der Waals surface area contributed by atoms with Crippen molar-refractivity contribution in [1.29, 1.82) is 5.26 Å². The highest BCUT2D eigenvalue weighted by Gasteiger charge is 2.29. The number of piperidine rings is 1. The Kier molecular flexibility index (Phi) is 5.59. The van der Waals surface area contributed by atoms with Gasteiger partial charge in [-0.1, -0.05) is 27.7 Å². The molecule has 0 aliphatic carbocycles. The maximum absolute atomic E-state index is 12.5. The maximum Gasteiger partial charge on any atom is 0.223 e. The summed E-state index contributed by atoms with van der Waals surface area (Å²) >= 11 is 0. The van der Waals surface area contributed by atoms with E-state index in [1.54, 1.807) is 18.5 Å². The van der Waals surface area contributed by atoms with Crippen LogP contribution in [0.2, 0.25) is 0 Å². The first-order chi connectivity index (χ1) is 12.9. The van der Waals surface area contributed by atoms with E-state index in [2.05, 4.69) is 47.0 Å². The van der Waals surface area contributed by atoms with Gasteiger partial charge >= 0.3 is 0 Å². The van der Waals surface area contributed by atoms with Crippen LogP contribution in [0.25, 0.3) is 11.0 Å². The molecular formula is C21H27N5O. The number of nitriles is 1. The molecule has 6 nitrogen and oxygen atoms in total. The zero-order valence-electron chi connectivity index (χ0n) is 16.4. The molecule has 2 aromatic rings. The monoisotopic (exact) mass is 365 g/mol. The normalized spacial score (nSPS) is 21.1. The van der Waals surface area contributed by atoms with Crippen LogP contribution in [0.1, 0.15) is 39.7 Å². The Bertz CT molecular complexity index is 872. The van der Waals surface area contributed by atoms with Crippen molar-refractivity contribution in [3.05, 3.63) is 30.1 Å². The number of carbonyl (C=O) groups is 1. The molecule has 1 aromatic carbocycles. The summed E-state index contributed by atoms with van der Waals surface area (Å²) in [5.41, 5.74) is 2.87. The second kappa shape index (κ2) is 7.91. The van der Waals surface area contributed by atoms with Crippen molar-refractivity contribution in [2.45, 2.75) is 40.2 Å². The highest BCUT2D eigenvalue weighted by Crippen LogP contribution is 2.30. The van der Waals surface area contributed by atoms with Gasteiger partial charge in [0.2, 0.25) is 5.91 Å². The summed E-state index contributed by atoms with van der Waals surface area (Å²) in [4.78, 5) is 23.6. The number of rotatable bonds is 4. The van der Waals surface area contributed by atoms with E-state index in [9.17, 15) is 10.1 Å². The summed E-state index contributed by atoms with van der Waals surface area (Å²) in [5.74, 6) is 0.881. The van der Waals surface area contributed by atoms with E-state index in [0.717, 1.165) is 30.7 Å². The minimum absolute atomic E-state index is 0.00251. The van der Waals surface area contributed by atoms with Crippen LogP contribution in [0, 0.1) is 29.1 Å². The lowest BCUT2D eigenvalue weighted by Gasteiger charge is -2.39. The first-order valence-corrected chi connectivity index (χ1v) is 9.59. The zero-order chi connectivity index (χ0) is 19.6. The third kappa shape index (κ3) is 4.02. The molecule has 1 aliphatic rings. The van der Waals surface area contributed by atoms with E-state index in [1.165, 1.54) is 0 Å². The number of amides is 1. The SMILES string of the molecule is CC(C)C(C)C(=O)N[C@@H]1C[C@H](C)CN(c2ccc(C#N)c3nccnc23)C1. The number of nitrogens with one attached hydrogen (secondary N) is 1. The van der Waals surface area contributed by atoms with Gasteiger partial charge < -0.3 is 10.2 Å². The maximum atomic E-state index is 12.5. The second-order valence-electron chi connectivity index (χ2n) is 7.98. The highest BCUT2D eigenvalue weighted by molar-refractivity contribution is 5.92. The molecule has 3 atom stereocenters. The third-order valence-electron chi connectivity index (χ3n) is 5.48. The van der Waals surface area contributed by atoms with Gasteiger partial charge in [0.1, 0.15) is 17.1 Å². The number of aromatic nitrogens is 2. The van der Waals surface area contributed by atoms with Gasteiger partial charge in [0, 0.05) is 37.4 Å². The van der Waals surface area contributed by atoms with E-state index in [1.807, 2.05) is 13.0 Å². The third-order valence-corrected chi connectivity index (χ3v) is 5.48.